The van der Waals surface area contributed by atoms with E-state index in [0.29, 0.717) is 64.9 Å². The number of ether oxygens (including phenoxy) is 2. The zero-order chi connectivity index (χ0) is 28.9. The Morgan fingerprint density at radius 3 is 2.59 bits per heavy atom. The Labute approximate surface area is 236 Å². The first-order valence-corrected chi connectivity index (χ1v) is 13.5. The zero-order valence-electron chi connectivity index (χ0n) is 22.9. The van der Waals surface area contributed by atoms with E-state index in [9.17, 15) is 14.3 Å². The van der Waals surface area contributed by atoms with Crippen molar-refractivity contribution in [3.63, 3.8) is 0 Å². The van der Waals surface area contributed by atoms with Gasteiger partial charge in [0.1, 0.15) is 34.2 Å². The number of fused-ring (bicyclic) bond motifs is 3. The van der Waals surface area contributed by atoms with Gasteiger partial charge < -0.3 is 30.0 Å². The van der Waals surface area contributed by atoms with Crippen LogP contribution in [0.2, 0.25) is 0 Å². The first-order valence-electron chi connectivity index (χ1n) is 13.5. The number of esters is 1. The van der Waals surface area contributed by atoms with Gasteiger partial charge in [-0.3, -0.25) is 4.98 Å². The molecule has 1 unspecified atom stereocenters. The highest BCUT2D eigenvalue weighted by Gasteiger charge is 2.31. The number of aromatic hydroxyl groups is 1. The Balaban J connectivity index is 1.66. The Kier molecular flexibility index (Phi) is 8.47. The molecule has 0 fully saturated rings. The van der Waals surface area contributed by atoms with Crippen molar-refractivity contribution in [3.8, 4) is 11.5 Å². The van der Waals surface area contributed by atoms with Gasteiger partial charge in [0, 0.05) is 53.6 Å². The van der Waals surface area contributed by atoms with Gasteiger partial charge in [-0.05, 0) is 67.4 Å². The van der Waals surface area contributed by atoms with E-state index >= 15 is 0 Å². The van der Waals surface area contributed by atoms with Crippen LogP contribution in [0.15, 0.2) is 71.4 Å². The van der Waals surface area contributed by atoms with E-state index in [2.05, 4.69) is 10.3 Å². The average Bonchev–Trinajstić information content (AvgIpc) is 3.33. The molecule has 0 bridgehead atoms. The Bertz CT molecular complexity index is 1670. The minimum Gasteiger partial charge on any atom is -0.507 e. The second-order valence-electron chi connectivity index (χ2n) is 9.61. The molecule has 5 rings (SSSR count). The van der Waals surface area contributed by atoms with Gasteiger partial charge >= 0.3 is 5.97 Å². The van der Waals surface area contributed by atoms with Crippen molar-refractivity contribution in [1.29, 1.82) is 0 Å². The number of halogens is 1. The lowest BCUT2D eigenvalue weighted by Crippen LogP contribution is -2.28. The molecule has 0 aliphatic rings. The predicted molar refractivity (Wildman–Crippen MR) is 155 cm³/mol. The number of phenolic OH excluding ortho intramolecular Hbond substituents is 1. The van der Waals surface area contributed by atoms with Crippen molar-refractivity contribution in [2.75, 3.05) is 26.3 Å². The molecule has 4 N–H and O–H groups in total. The number of benzene rings is 3. The molecule has 0 radical (unpaired) electrons. The van der Waals surface area contributed by atoms with Crippen molar-refractivity contribution < 1.29 is 28.2 Å². The summed E-state index contributed by atoms with van der Waals surface area (Å²) in [6.07, 6.45) is 3.93. The molecule has 0 spiro atoms. The number of aryl methyl sites for hydroxylation is 1. The second-order valence-corrected chi connectivity index (χ2v) is 9.61. The van der Waals surface area contributed by atoms with Crippen LogP contribution in [0.25, 0.3) is 21.7 Å². The van der Waals surface area contributed by atoms with Crippen molar-refractivity contribution in [1.82, 2.24) is 10.3 Å². The number of aromatic nitrogens is 1. The molecule has 212 valence electrons. The number of pyridine rings is 1. The van der Waals surface area contributed by atoms with Gasteiger partial charge in [-0.25, -0.2) is 9.18 Å². The lowest BCUT2D eigenvalue weighted by Gasteiger charge is -2.23. The maximum atomic E-state index is 13.2. The highest BCUT2D eigenvalue weighted by molar-refractivity contribution is 6.17. The van der Waals surface area contributed by atoms with E-state index in [0.717, 1.165) is 11.1 Å². The van der Waals surface area contributed by atoms with Crippen LogP contribution >= 0.6 is 0 Å². The van der Waals surface area contributed by atoms with Gasteiger partial charge in [0.25, 0.3) is 0 Å². The SMILES string of the molecule is CCOC(=O)c1c(C)oc2c1c(C(NCCN)c1ccncc1)c(O)c1ccc(OCCc3ccc(F)cc3)cc12. The molecule has 1 atom stereocenters. The third-order valence-corrected chi connectivity index (χ3v) is 6.97. The summed E-state index contributed by atoms with van der Waals surface area (Å²) < 4.78 is 30.9. The molecule has 0 amide bonds. The van der Waals surface area contributed by atoms with Crippen LogP contribution in [0.3, 0.4) is 0 Å². The molecule has 5 aromatic rings. The number of hydrogen-bond acceptors (Lipinski definition) is 8. The van der Waals surface area contributed by atoms with Gasteiger partial charge in [0.2, 0.25) is 0 Å². The third-order valence-electron chi connectivity index (χ3n) is 6.97. The lowest BCUT2D eigenvalue weighted by atomic mass is 9.90. The maximum absolute atomic E-state index is 13.2. The van der Waals surface area contributed by atoms with Crippen molar-refractivity contribution in [2.24, 2.45) is 5.73 Å². The summed E-state index contributed by atoms with van der Waals surface area (Å²) in [6, 6.07) is 14.8. The first-order chi connectivity index (χ1) is 19.9. The molecule has 41 heavy (non-hydrogen) atoms. The molecular weight excluding hydrogens is 525 g/mol. The minimum absolute atomic E-state index is 0.00282. The van der Waals surface area contributed by atoms with Gasteiger partial charge in [0.15, 0.2) is 0 Å². The van der Waals surface area contributed by atoms with Crippen LogP contribution in [0.5, 0.6) is 11.5 Å². The van der Waals surface area contributed by atoms with E-state index in [1.165, 1.54) is 12.1 Å². The van der Waals surface area contributed by atoms with Crippen LogP contribution in [0.4, 0.5) is 4.39 Å². The molecule has 9 heteroatoms. The molecule has 0 aliphatic carbocycles. The zero-order valence-corrected chi connectivity index (χ0v) is 22.9. The number of furan rings is 1. The molecule has 0 aliphatic heterocycles. The number of phenols is 1. The summed E-state index contributed by atoms with van der Waals surface area (Å²) >= 11 is 0. The fourth-order valence-corrected chi connectivity index (χ4v) is 5.10. The fourth-order valence-electron chi connectivity index (χ4n) is 5.10. The van der Waals surface area contributed by atoms with Gasteiger partial charge in [0.05, 0.1) is 19.3 Å². The monoisotopic (exact) mass is 557 g/mol. The Morgan fingerprint density at radius 1 is 1.12 bits per heavy atom. The fraction of sp³-hybridized carbons (Fsp3) is 0.250. The minimum atomic E-state index is -0.539. The Hall–Kier alpha value is -4.47. The normalized spacial score (nSPS) is 12.1. The maximum Gasteiger partial charge on any atom is 0.342 e. The molecule has 3 aromatic carbocycles. The summed E-state index contributed by atoms with van der Waals surface area (Å²) in [7, 11) is 0. The predicted octanol–water partition coefficient (Wildman–Crippen LogP) is 5.57. The molecule has 0 saturated carbocycles. The largest absolute Gasteiger partial charge is 0.507 e. The van der Waals surface area contributed by atoms with Gasteiger partial charge in [-0.2, -0.15) is 0 Å². The van der Waals surface area contributed by atoms with Gasteiger partial charge in [-0.1, -0.05) is 12.1 Å². The number of nitrogens with two attached hydrogens (primary N) is 1. The van der Waals surface area contributed by atoms with Crippen LogP contribution in [-0.2, 0) is 11.2 Å². The molecular formula is C32H32FN3O5. The molecule has 2 aromatic heterocycles. The smallest absolute Gasteiger partial charge is 0.342 e. The van der Waals surface area contributed by atoms with Crippen LogP contribution < -0.4 is 15.8 Å². The standard InChI is InChI=1S/C32H32FN3O5/c1-3-39-32(38)26-19(2)41-31-25-18-23(40-17-12-20-4-6-22(33)7-5-20)8-9-24(25)30(37)28(27(26)31)29(36-16-13-34)21-10-14-35-15-11-21/h4-11,14-15,18,29,36-37H,3,12-13,16-17,34H2,1-2H3. The number of rotatable bonds is 11. The summed E-state index contributed by atoms with van der Waals surface area (Å²) in [5.74, 6) is 0.117. The highest BCUT2D eigenvalue weighted by atomic mass is 19.1. The summed E-state index contributed by atoms with van der Waals surface area (Å²) in [5, 5.41) is 16.8. The molecule has 0 saturated heterocycles. The van der Waals surface area contributed by atoms with E-state index in [1.54, 1.807) is 56.6 Å². The number of carbonyl (C=O) groups is 1. The van der Waals surface area contributed by atoms with Crippen molar-refractivity contribution in [2.45, 2.75) is 26.3 Å². The highest BCUT2D eigenvalue weighted by Crippen LogP contribution is 2.46. The summed E-state index contributed by atoms with van der Waals surface area (Å²) in [5.41, 5.74) is 8.79. The summed E-state index contributed by atoms with van der Waals surface area (Å²) in [4.78, 5) is 17.3. The van der Waals surface area contributed by atoms with Crippen LogP contribution in [0.1, 0.15) is 45.8 Å². The van der Waals surface area contributed by atoms with Crippen LogP contribution in [-0.4, -0.2) is 42.4 Å². The van der Waals surface area contributed by atoms with E-state index in [4.69, 9.17) is 19.6 Å². The average molecular weight is 558 g/mol. The second kappa shape index (κ2) is 12.4. The van der Waals surface area contributed by atoms with Crippen molar-refractivity contribution in [3.05, 3.63) is 101 Å². The number of carbonyl (C=O) groups excluding carboxylic acids is 1. The molecule has 2 heterocycles. The van der Waals surface area contributed by atoms with Crippen molar-refractivity contribution >= 4 is 27.7 Å². The lowest BCUT2D eigenvalue weighted by molar-refractivity contribution is 0.0526. The van der Waals surface area contributed by atoms with E-state index < -0.39 is 12.0 Å². The third kappa shape index (κ3) is 5.73. The quantitative estimate of drug-likeness (QED) is 0.180. The topological polar surface area (TPSA) is 120 Å². The number of nitrogens with one attached hydrogen (secondary N) is 1. The Morgan fingerprint density at radius 2 is 1.88 bits per heavy atom. The first kappa shape index (κ1) is 28.1. The molecule has 8 nitrogen and oxygen atoms in total. The summed E-state index contributed by atoms with van der Waals surface area (Å²) in [6.45, 7) is 4.82. The van der Waals surface area contributed by atoms with Crippen LogP contribution in [0, 0.1) is 12.7 Å². The van der Waals surface area contributed by atoms with Gasteiger partial charge in [-0.15, -0.1) is 0 Å². The number of nitrogens with zero attached hydrogens (tertiary/aromatic N) is 1. The van der Waals surface area contributed by atoms with E-state index in [-0.39, 0.29) is 23.7 Å². The van der Waals surface area contributed by atoms with E-state index in [1.807, 2.05) is 12.1 Å². The number of hydrogen-bond donors (Lipinski definition) is 3.